The largest absolute Gasteiger partial charge is 0.477 e. The van der Waals surface area contributed by atoms with Crippen molar-refractivity contribution in [2.75, 3.05) is 18.6 Å². The average Bonchev–Trinajstić information content (AvgIpc) is 2.55. The van der Waals surface area contributed by atoms with Crippen molar-refractivity contribution in [3.8, 4) is 0 Å². The van der Waals surface area contributed by atoms with Crippen LogP contribution >= 0.6 is 23.5 Å². The van der Waals surface area contributed by atoms with Crippen molar-refractivity contribution in [2.24, 2.45) is 15.8 Å². The second kappa shape index (κ2) is 6.11. The molecule has 0 aromatic carbocycles. The highest BCUT2D eigenvalue weighted by atomic mass is 32.2. The van der Waals surface area contributed by atoms with Gasteiger partial charge in [0.05, 0.1) is 0 Å². The number of aliphatic carboxylic acids is 1. The van der Waals surface area contributed by atoms with Crippen molar-refractivity contribution in [2.45, 2.75) is 11.4 Å². The summed E-state index contributed by atoms with van der Waals surface area (Å²) in [5.74, 6) is -2.95. The smallest absolute Gasteiger partial charge is 0.446 e. The minimum absolute atomic E-state index is 0.0728. The average molecular weight is 370 g/mol. The van der Waals surface area contributed by atoms with E-state index in [1.54, 1.807) is 0 Å². The molecule has 10 nitrogen and oxygen atoms in total. The Morgan fingerprint density at radius 2 is 2.17 bits per heavy atom. The molecule has 1 saturated heterocycles. The maximum atomic E-state index is 11.8. The van der Waals surface area contributed by atoms with Gasteiger partial charge in [-0.15, -0.1) is 16.5 Å². The van der Waals surface area contributed by atoms with Gasteiger partial charge in [0.25, 0.3) is 0 Å². The molecular weight excluding hydrogens is 358 g/mol. The van der Waals surface area contributed by atoms with E-state index in [2.05, 4.69) is 10.1 Å². The lowest BCUT2D eigenvalue weighted by Gasteiger charge is -2.48. The molecular formula is C12H12N5O5S2+. The van der Waals surface area contributed by atoms with Crippen LogP contribution in [0.2, 0.25) is 0 Å². The van der Waals surface area contributed by atoms with Gasteiger partial charge in [-0.3, -0.25) is 14.5 Å². The van der Waals surface area contributed by atoms with Crippen LogP contribution in [0, 0.1) is 0 Å². The number of carbonyl (C=O) groups excluding carboxylic acids is 3. The fourth-order valence-corrected chi connectivity index (χ4v) is 4.74. The van der Waals surface area contributed by atoms with Crippen molar-refractivity contribution in [3.63, 3.8) is 0 Å². The minimum Gasteiger partial charge on any atom is -0.477 e. The summed E-state index contributed by atoms with van der Waals surface area (Å²) in [4.78, 5) is 50.7. The summed E-state index contributed by atoms with van der Waals surface area (Å²) in [6, 6.07) is -0.685. The van der Waals surface area contributed by atoms with Crippen molar-refractivity contribution in [3.05, 3.63) is 11.3 Å². The first kappa shape index (κ1) is 16.8. The molecule has 1 fully saturated rings. The monoisotopic (exact) mass is 370 g/mol. The van der Waals surface area contributed by atoms with Crippen LogP contribution in [0.5, 0.6) is 0 Å². The molecule has 3 heterocycles. The zero-order valence-corrected chi connectivity index (χ0v) is 14.0. The van der Waals surface area contributed by atoms with Gasteiger partial charge in [-0.25, -0.2) is 9.59 Å². The molecule has 0 aliphatic carbocycles. The van der Waals surface area contributed by atoms with Crippen LogP contribution in [-0.4, -0.2) is 73.5 Å². The van der Waals surface area contributed by atoms with Crippen LogP contribution in [-0.2, 0) is 19.2 Å². The summed E-state index contributed by atoms with van der Waals surface area (Å²) in [5.41, 5.74) is 6.13. The van der Waals surface area contributed by atoms with Crippen molar-refractivity contribution in [1.29, 1.82) is 0 Å². The highest BCUT2D eigenvalue weighted by Crippen LogP contribution is 2.40. The fraction of sp³-hybridized carbons (Fsp3) is 0.417. The number of fused-ring (bicyclic) bond motifs is 1. The molecule has 126 valence electrons. The lowest BCUT2D eigenvalue weighted by atomic mass is 10.0. The molecule has 2 atom stereocenters. The van der Waals surface area contributed by atoms with E-state index in [9.17, 15) is 24.3 Å². The number of β-lactam (4-membered cyclic amide) rings is 1. The summed E-state index contributed by atoms with van der Waals surface area (Å²) in [6.45, 7) is 0. The molecule has 0 radical (unpaired) electrons. The van der Waals surface area contributed by atoms with E-state index in [0.29, 0.717) is 11.3 Å². The Bertz CT molecular complexity index is 774. The van der Waals surface area contributed by atoms with Crippen LogP contribution in [0.1, 0.15) is 0 Å². The topological polar surface area (TPSA) is 146 Å². The molecule has 3 N–H and O–H groups in total. The van der Waals surface area contributed by atoms with E-state index in [-0.39, 0.29) is 22.0 Å². The SMILES string of the molecule is C[N+]1=NC(=O)C(=O)N=C1SCC1=C(C(=O)O)N2C(=O)[C@@H](N)[C@H]2SC1. The zero-order valence-electron chi connectivity index (χ0n) is 12.3. The second-order valence-corrected chi connectivity index (χ2v) is 7.16. The molecule has 12 heteroatoms. The number of hydrogen-bond donors (Lipinski definition) is 2. The normalized spacial score (nSPS) is 26.8. The molecule has 0 bridgehead atoms. The third kappa shape index (κ3) is 2.65. The minimum atomic E-state index is -1.20. The van der Waals surface area contributed by atoms with Crippen LogP contribution in [0.15, 0.2) is 21.4 Å². The van der Waals surface area contributed by atoms with E-state index in [1.807, 2.05) is 0 Å². The van der Waals surface area contributed by atoms with Crippen molar-refractivity contribution >= 4 is 52.4 Å². The second-order valence-electron chi connectivity index (χ2n) is 5.11. The summed E-state index contributed by atoms with van der Waals surface area (Å²) < 4.78 is 1.17. The molecule has 3 aliphatic heterocycles. The highest BCUT2D eigenvalue weighted by Gasteiger charge is 2.51. The number of nitrogens with two attached hydrogens (primary N) is 1. The zero-order chi connectivity index (χ0) is 17.6. The number of rotatable bonds is 3. The maximum Gasteiger partial charge on any atom is 0.446 e. The van der Waals surface area contributed by atoms with Crippen molar-refractivity contribution < 1.29 is 29.0 Å². The fourth-order valence-electron chi connectivity index (χ4n) is 2.40. The Labute approximate surface area is 143 Å². The van der Waals surface area contributed by atoms with E-state index >= 15 is 0 Å². The molecule has 0 unspecified atom stereocenters. The van der Waals surface area contributed by atoms with E-state index < -0.39 is 29.7 Å². The number of carbonyl (C=O) groups is 4. The number of hydrogen-bond acceptors (Lipinski definition) is 7. The summed E-state index contributed by atoms with van der Waals surface area (Å²) in [5, 5.41) is 12.8. The number of aliphatic imine (C=N–C) groups is 1. The number of carboxylic acid groups (broad SMARTS) is 1. The third-order valence-corrected chi connectivity index (χ3v) is 6.03. The first-order valence-electron chi connectivity index (χ1n) is 6.72. The van der Waals surface area contributed by atoms with E-state index in [4.69, 9.17) is 5.73 Å². The van der Waals surface area contributed by atoms with Crippen LogP contribution in [0.4, 0.5) is 0 Å². The highest BCUT2D eigenvalue weighted by molar-refractivity contribution is 8.13. The molecule has 0 saturated carbocycles. The molecule has 3 rings (SSSR count). The lowest BCUT2D eigenvalue weighted by molar-refractivity contribution is -0.440. The van der Waals surface area contributed by atoms with Gasteiger partial charge in [0.15, 0.2) is 0 Å². The van der Waals surface area contributed by atoms with Gasteiger partial charge in [-0.05, 0) is 22.4 Å². The molecule has 24 heavy (non-hydrogen) atoms. The molecule has 0 aromatic rings. The van der Waals surface area contributed by atoms with E-state index in [0.717, 1.165) is 11.8 Å². The molecule has 3 aliphatic rings. The predicted octanol–water partition coefficient (Wildman–Crippen LogP) is -1.18. The number of nitrogens with zero attached hydrogens (tertiary/aromatic N) is 4. The summed E-state index contributed by atoms with van der Waals surface area (Å²) in [7, 11) is 1.46. The first-order valence-corrected chi connectivity index (χ1v) is 8.75. The quantitative estimate of drug-likeness (QED) is 0.358. The Balaban J connectivity index is 1.81. The van der Waals surface area contributed by atoms with Crippen LogP contribution in [0.3, 0.4) is 0 Å². The number of thioether (sulfide) groups is 2. The Morgan fingerprint density at radius 3 is 2.83 bits per heavy atom. The number of carboxylic acids is 1. The number of amidine groups is 1. The third-order valence-electron chi connectivity index (χ3n) is 3.56. The van der Waals surface area contributed by atoms with Gasteiger partial charge in [-0.2, -0.15) is 0 Å². The summed E-state index contributed by atoms with van der Waals surface area (Å²) >= 11 is 2.46. The standard InChI is InChI=1S/C12H11N5O5S2/c1-16-12(14-7(18)8(19)15-16)24-3-4-2-23-10-5(13)9(20)17(10)6(4)11(21)22/h5,10H,2-3,13H2,1H3/p+1/t5-,10-/m1/s1. The van der Waals surface area contributed by atoms with Gasteiger partial charge in [-0.1, -0.05) is 0 Å². The molecule has 3 amide bonds. The number of azo groups is 2. The van der Waals surface area contributed by atoms with Gasteiger partial charge in [0, 0.05) is 16.5 Å². The van der Waals surface area contributed by atoms with Crippen LogP contribution < -0.4 is 5.73 Å². The first-order chi connectivity index (χ1) is 11.3. The molecule has 0 spiro atoms. The predicted molar refractivity (Wildman–Crippen MR) is 84.2 cm³/mol. The van der Waals surface area contributed by atoms with Gasteiger partial charge in [0.1, 0.15) is 24.2 Å². The van der Waals surface area contributed by atoms with Gasteiger partial charge >= 0.3 is 23.0 Å². The molecule has 0 aromatic heterocycles. The Kier molecular flexibility index (Phi) is 4.27. The maximum absolute atomic E-state index is 11.8. The summed E-state index contributed by atoms with van der Waals surface area (Å²) in [6.07, 6.45) is 0. The Hall–Kier alpha value is -2.05. The van der Waals surface area contributed by atoms with Crippen molar-refractivity contribution in [1.82, 2.24) is 4.90 Å². The lowest BCUT2D eigenvalue weighted by Crippen LogP contribution is -2.68. The Morgan fingerprint density at radius 1 is 1.46 bits per heavy atom. The van der Waals surface area contributed by atoms with Gasteiger partial charge < -0.3 is 10.8 Å². The van der Waals surface area contributed by atoms with Crippen LogP contribution in [0.25, 0.3) is 0 Å². The number of amides is 3. The van der Waals surface area contributed by atoms with E-state index in [1.165, 1.54) is 28.4 Å². The van der Waals surface area contributed by atoms with Gasteiger partial charge in [0.2, 0.25) is 5.91 Å².